The Morgan fingerprint density at radius 3 is 2.59 bits per heavy atom. The highest BCUT2D eigenvalue weighted by atomic mass is 35.5. The Labute approximate surface area is 374 Å². The van der Waals surface area contributed by atoms with E-state index >= 15 is 0 Å². The van der Waals surface area contributed by atoms with Crippen LogP contribution in [0.3, 0.4) is 0 Å². The maximum atomic E-state index is 14.0. The van der Waals surface area contributed by atoms with E-state index in [1.54, 1.807) is 24.4 Å². The summed E-state index contributed by atoms with van der Waals surface area (Å²) in [5.74, 6) is -0.700. The summed E-state index contributed by atoms with van der Waals surface area (Å²) in [6, 6.07) is 18.1. The van der Waals surface area contributed by atoms with E-state index in [9.17, 15) is 28.1 Å². The van der Waals surface area contributed by atoms with Crippen molar-refractivity contribution in [2.45, 2.75) is 44.0 Å². The number of rotatable bonds is 12. The van der Waals surface area contributed by atoms with Gasteiger partial charge in [0.15, 0.2) is 11.4 Å². The number of fused-ring (bicyclic) bond motifs is 2. The molecule has 64 heavy (non-hydrogen) atoms. The summed E-state index contributed by atoms with van der Waals surface area (Å²) in [5, 5.41) is 16.8. The van der Waals surface area contributed by atoms with Crippen molar-refractivity contribution < 1.29 is 37.1 Å². The highest BCUT2D eigenvalue weighted by molar-refractivity contribution is 7.90. The van der Waals surface area contributed by atoms with Crippen LogP contribution in [0.4, 0.5) is 21.9 Å². The number of benzene rings is 3. The van der Waals surface area contributed by atoms with Crippen LogP contribution in [0.2, 0.25) is 5.02 Å². The predicted octanol–water partition coefficient (Wildman–Crippen LogP) is 7.45. The number of anilines is 2. The first kappa shape index (κ1) is 42.9. The number of nitro benzene ring substituents is 1. The van der Waals surface area contributed by atoms with Gasteiger partial charge in [-0.3, -0.25) is 19.8 Å². The lowest BCUT2D eigenvalue weighted by atomic mass is 9.72. The molecule has 9 rings (SSSR count). The molecular weight excluding hydrogens is 864 g/mol. The molecule has 2 fully saturated rings. The summed E-state index contributed by atoms with van der Waals surface area (Å²) in [6.45, 7) is 9.24. The second-order valence-electron chi connectivity index (χ2n) is 17.3. The number of aromatic amines is 1. The number of hydrogen-bond acceptors (Lipinski definition) is 13. The summed E-state index contributed by atoms with van der Waals surface area (Å²) in [5.41, 5.74) is 4.98. The average Bonchev–Trinajstić information content (AvgIpc) is 3.92. The van der Waals surface area contributed by atoms with E-state index in [0.29, 0.717) is 31.0 Å². The molecule has 19 heteroatoms. The van der Waals surface area contributed by atoms with Gasteiger partial charge in [0.1, 0.15) is 30.4 Å². The first-order valence-electron chi connectivity index (χ1n) is 21.1. The smallest absolute Gasteiger partial charge is 0.410 e. The van der Waals surface area contributed by atoms with Gasteiger partial charge in [0, 0.05) is 79.8 Å². The number of piperazine rings is 1. The van der Waals surface area contributed by atoms with Crippen molar-refractivity contribution in [1.82, 2.24) is 24.5 Å². The van der Waals surface area contributed by atoms with Gasteiger partial charge in [-0.25, -0.2) is 22.9 Å². The summed E-state index contributed by atoms with van der Waals surface area (Å²) in [6.07, 6.45) is 5.89. The molecule has 5 aromatic rings. The minimum Gasteiger partial charge on any atom is -0.489 e. The molecule has 1 atom stereocenters. The molecule has 1 aliphatic carbocycles. The average molecular weight is 911 g/mol. The molecule has 0 spiro atoms. The number of amides is 2. The third-order valence-electron chi connectivity index (χ3n) is 12.2. The van der Waals surface area contributed by atoms with E-state index in [1.807, 2.05) is 18.2 Å². The van der Waals surface area contributed by atoms with Gasteiger partial charge in [-0.1, -0.05) is 43.2 Å². The number of carbonyl (C=O) groups excluding carboxylic acids is 2. The zero-order valence-corrected chi connectivity index (χ0v) is 36.8. The van der Waals surface area contributed by atoms with E-state index < -0.39 is 43.6 Å². The summed E-state index contributed by atoms with van der Waals surface area (Å²) >= 11 is 6.24. The van der Waals surface area contributed by atoms with Gasteiger partial charge in [-0.05, 0) is 72.2 Å². The van der Waals surface area contributed by atoms with Gasteiger partial charge in [0.05, 0.1) is 34.2 Å². The van der Waals surface area contributed by atoms with Crippen LogP contribution in [0.1, 0.15) is 49.0 Å². The fourth-order valence-electron chi connectivity index (χ4n) is 8.74. The van der Waals surface area contributed by atoms with Crippen molar-refractivity contribution in [3.8, 4) is 17.2 Å². The van der Waals surface area contributed by atoms with Crippen molar-refractivity contribution in [2.24, 2.45) is 5.41 Å². The molecule has 0 radical (unpaired) electrons. The number of sulfonamides is 1. The Kier molecular flexibility index (Phi) is 11.6. The van der Waals surface area contributed by atoms with E-state index in [2.05, 4.69) is 55.8 Å². The number of nitrogens with zero attached hydrogens (tertiary/aromatic N) is 5. The molecule has 5 heterocycles. The predicted molar refractivity (Wildman–Crippen MR) is 241 cm³/mol. The Balaban J connectivity index is 0.942. The molecule has 334 valence electrons. The molecule has 3 aliphatic heterocycles. The van der Waals surface area contributed by atoms with Gasteiger partial charge >= 0.3 is 6.09 Å². The van der Waals surface area contributed by atoms with Crippen molar-refractivity contribution in [1.29, 1.82) is 0 Å². The van der Waals surface area contributed by atoms with Crippen molar-refractivity contribution in [3.63, 3.8) is 0 Å². The SMILES string of the molecule is CC1(C)CCC(CN2CCN(c3ccc(C(=O)NS(=O)(=O)c4cc5c(c([N+](=O)[O-])c4)N[C@H](CN4CCOC4=O)CO5)c(Oc4cnc5[nH]ccc5c4)c3)CC2)=C(c2ccc(Cl)cc2)C1. The standard InChI is InChI=1S/C45H47ClN8O9S/c1-45(2)11-9-30(37(23-45)28-3-5-31(46)6-4-28)25-51-13-15-52(16-14-51)33-7-8-36(39(20-33)63-34-19-29-10-12-47-42(29)48-24-34)43(55)50-64(59,60)35-21-38(54(57)58)41-40(22-35)62-27-32(49-41)26-53-17-18-61-44(53)56/h3-8,10,12,19-22,24,32,49H,9,11,13-18,23,25-27H2,1-2H3,(H,47,48)(H,50,55)/t32-/m1/s1. The Morgan fingerprint density at radius 2 is 1.84 bits per heavy atom. The van der Waals surface area contributed by atoms with Crippen LogP contribution in [-0.4, -0.2) is 110 Å². The van der Waals surface area contributed by atoms with Crippen LogP contribution in [0.25, 0.3) is 16.6 Å². The van der Waals surface area contributed by atoms with Crippen LogP contribution in [0.15, 0.2) is 89.6 Å². The quantitative estimate of drug-likeness (QED) is 0.0824. The Hall–Kier alpha value is -6.37. The molecule has 2 amide bonds. The fraction of sp³-hybridized carbons (Fsp3) is 0.356. The second-order valence-corrected chi connectivity index (χ2v) is 19.4. The second kappa shape index (κ2) is 17.3. The van der Waals surface area contributed by atoms with Gasteiger partial charge in [-0.2, -0.15) is 0 Å². The molecule has 0 unspecified atom stereocenters. The lowest BCUT2D eigenvalue weighted by molar-refractivity contribution is -0.384. The Morgan fingerprint density at radius 1 is 1.05 bits per heavy atom. The normalized spacial score (nSPS) is 18.9. The highest BCUT2D eigenvalue weighted by Crippen LogP contribution is 2.44. The van der Waals surface area contributed by atoms with E-state index in [0.717, 1.165) is 67.1 Å². The number of halogens is 1. The topological polar surface area (TPSA) is 202 Å². The highest BCUT2D eigenvalue weighted by Gasteiger charge is 2.35. The van der Waals surface area contributed by atoms with E-state index in [4.69, 9.17) is 25.8 Å². The monoisotopic (exact) mass is 910 g/mol. The van der Waals surface area contributed by atoms with Gasteiger partial charge in [0.25, 0.3) is 21.6 Å². The minimum atomic E-state index is -4.71. The summed E-state index contributed by atoms with van der Waals surface area (Å²) < 4.78 is 46.9. The van der Waals surface area contributed by atoms with Gasteiger partial charge in [0.2, 0.25) is 0 Å². The molecule has 2 saturated heterocycles. The van der Waals surface area contributed by atoms with Crippen LogP contribution < -0.4 is 24.4 Å². The maximum Gasteiger partial charge on any atom is 0.410 e. The van der Waals surface area contributed by atoms with Crippen LogP contribution in [0, 0.1) is 15.5 Å². The first-order chi connectivity index (χ1) is 30.7. The number of carbonyl (C=O) groups is 2. The lowest BCUT2D eigenvalue weighted by Gasteiger charge is -2.39. The van der Waals surface area contributed by atoms with E-state index in [1.165, 1.54) is 33.9 Å². The van der Waals surface area contributed by atoms with Crippen LogP contribution in [0.5, 0.6) is 17.2 Å². The molecule has 0 bridgehead atoms. The van der Waals surface area contributed by atoms with Crippen molar-refractivity contribution in [3.05, 3.63) is 111 Å². The van der Waals surface area contributed by atoms with Crippen molar-refractivity contribution >= 4 is 67.3 Å². The third kappa shape index (κ3) is 9.16. The third-order valence-corrected chi connectivity index (χ3v) is 13.8. The number of hydrogen-bond donors (Lipinski definition) is 3. The molecular formula is C45H47ClN8O9S. The van der Waals surface area contributed by atoms with Crippen LogP contribution in [-0.2, 0) is 14.8 Å². The number of nitrogens with one attached hydrogen (secondary N) is 3. The maximum absolute atomic E-state index is 14.0. The molecule has 4 aliphatic rings. The molecule has 0 saturated carbocycles. The fourth-order valence-corrected chi connectivity index (χ4v) is 9.87. The summed E-state index contributed by atoms with van der Waals surface area (Å²) in [7, 11) is -4.71. The van der Waals surface area contributed by atoms with Crippen molar-refractivity contribution in [2.75, 3.05) is 69.2 Å². The minimum absolute atomic E-state index is 0.0167. The number of H-pyrrole nitrogens is 1. The van der Waals surface area contributed by atoms with Gasteiger partial charge in [-0.15, -0.1) is 0 Å². The zero-order valence-electron chi connectivity index (χ0n) is 35.3. The molecule has 17 nitrogen and oxygen atoms in total. The number of aromatic nitrogens is 2. The lowest BCUT2D eigenvalue weighted by Crippen LogP contribution is -2.47. The largest absolute Gasteiger partial charge is 0.489 e. The summed E-state index contributed by atoms with van der Waals surface area (Å²) in [4.78, 5) is 50.5. The van der Waals surface area contributed by atoms with E-state index in [-0.39, 0.29) is 47.9 Å². The van der Waals surface area contributed by atoms with Gasteiger partial charge < -0.3 is 34.3 Å². The number of nitro groups is 1. The molecule has 2 aromatic heterocycles. The Bertz CT molecular complexity index is 2790. The molecule has 3 aromatic carbocycles. The number of allylic oxidation sites excluding steroid dienone is 1. The van der Waals surface area contributed by atoms with Crippen LogP contribution >= 0.6 is 11.6 Å². The number of cyclic esters (lactones) is 1. The zero-order chi connectivity index (χ0) is 44.8. The number of pyridine rings is 1. The first-order valence-corrected chi connectivity index (χ1v) is 22.9. The number of ether oxygens (including phenoxy) is 3. The molecule has 3 N–H and O–H groups in total.